The molecule has 1 amide bonds. The number of hydrogen-bond acceptors (Lipinski definition) is 5. The molecule has 0 heterocycles. The predicted molar refractivity (Wildman–Crippen MR) is 374 cm³/mol. The number of carbonyl (C=O) groups excluding carboxylic acids is 1. The molecule has 85 heavy (non-hydrogen) atoms. The molecular weight excluding hydrogens is 1070 g/mol. The maximum absolute atomic E-state index is 13.1. The Kier molecular flexibility index (Phi) is 66.1. The molecule has 9 heteroatoms. The van der Waals surface area contributed by atoms with Gasteiger partial charge in [0.15, 0.2) is 0 Å². The van der Waals surface area contributed by atoms with E-state index in [-0.39, 0.29) is 19.1 Å². The first kappa shape index (κ1) is 83.7. The molecule has 0 saturated carbocycles. The van der Waals surface area contributed by atoms with Crippen LogP contribution in [0, 0.1) is 0 Å². The summed E-state index contributed by atoms with van der Waals surface area (Å²) in [6.45, 7) is 4.85. The number of likely N-dealkylation sites (N-methyl/N-ethyl adjacent to an activating group) is 1. The van der Waals surface area contributed by atoms with Crippen LogP contribution in [0.4, 0.5) is 0 Å². The summed E-state index contributed by atoms with van der Waals surface area (Å²) in [7, 11) is 1.56. The zero-order valence-electron chi connectivity index (χ0n) is 57.9. The zero-order chi connectivity index (χ0) is 61.9. The number of unbranched alkanes of at least 4 members (excludes halogenated alkanes) is 54. The molecule has 0 aromatic rings. The summed E-state index contributed by atoms with van der Waals surface area (Å²) in [6, 6.07) is -0.870. The van der Waals surface area contributed by atoms with Crippen LogP contribution in [-0.4, -0.2) is 73.4 Å². The van der Waals surface area contributed by atoms with Crippen molar-refractivity contribution in [2.24, 2.45) is 0 Å². The average Bonchev–Trinajstić information content (AvgIpc) is 3.52. The lowest BCUT2D eigenvalue weighted by atomic mass is 10.0. The van der Waals surface area contributed by atoms with Crippen LogP contribution >= 0.6 is 7.82 Å². The van der Waals surface area contributed by atoms with Crippen LogP contribution in [0.2, 0.25) is 0 Å². The number of allylic oxidation sites excluding steroid dienone is 5. The number of amides is 1. The lowest BCUT2D eigenvalue weighted by Gasteiger charge is -2.25. The van der Waals surface area contributed by atoms with Crippen LogP contribution in [0.5, 0.6) is 0 Å². The molecule has 0 bridgehead atoms. The lowest BCUT2D eigenvalue weighted by molar-refractivity contribution is -0.870. The van der Waals surface area contributed by atoms with Crippen molar-refractivity contribution >= 4 is 13.7 Å². The number of nitrogens with one attached hydrogen (secondary N) is 1. The van der Waals surface area contributed by atoms with Gasteiger partial charge >= 0.3 is 7.82 Å². The van der Waals surface area contributed by atoms with Gasteiger partial charge in [0.25, 0.3) is 0 Å². The van der Waals surface area contributed by atoms with E-state index in [0.29, 0.717) is 17.4 Å². The second kappa shape index (κ2) is 67.1. The fourth-order valence-corrected chi connectivity index (χ4v) is 12.5. The van der Waals surface area contributed by atoms with Crippen LogP contribution in [0.25, 0.3) is 0 Å². The van der Waals surface area contributed by atoms with Crippen molar-refractivity contribution in [3.8, 4) is 0 Å². The number of aliphatic hydroxyl groups is 1. The van der Waals surface area contributed by atoms with Gasteiger partial charge in [-0.3, -0.25) is 13.8 Å². The minimum absolute atomic E-state index is 0.0554. The molecule has 3 N–H and O–H groups in total. The van der Waals surface area contributed by atoms with E-state index >= 15 is 0 Å². The molecule has 3 atom stereocenters. The molecule has 0 aromatic carbocycles. The van der Waals surface area contributed by atoms with Crippen LogP contribution in [0.3, 0.4) is 0 Å². The highest BCUT2D eigenvalue weighted by atomic mass is 31.2. The summed E-state index contributed by atoms with van der Waals surface area (Å²) in [5.41, 5.74) is 0. The van der Waals surface area contributed by atoms with Gasteiger partial charge in [0.2, 0.25) is 5.91 Å². The molecular formula is C76H150N2O6P+. The molecule has 0 aromatic heterocycles. The number of aliphatic hydroxyl groups excluding tert-OH is 1. The quantitative estimate of drug-likeness (QED) is 0.0243. The highest BCUT2D eigenvalue weighted by Gasteiger charge is 2.28. The van der Waals surface area contributed by atoms with Crippen molar-refractivity contribution in [1.82, 2.24) is 5.32 Å². The van der Waals surface area contributed by atoms with E-state index in [1.54, 1.807) is 6.08 Å². The fourth-order valence-electron chi connectivity index (χ4n) is 11.7. The normalized spacial score (nSPS) is 13.7. The number of nitrogens with zero attached hydrogens (tertiary/aromatic N) is 1. The van der Waals surface area contributed by atoms with E-state index in [2.05, 4.69) is 43.5 Å². The molecule has 0 fully saturated rings. The Hall–Kier alpha value is -1.28. The van der Waals surface area contributed by atoms with Crippen molar-refractivity contribution < 1.29 is 32.9 Å². The molecule has 0 rings (SSSR count). The van der Waals surface area contributed by atoms with Crippen LogP contribution < -0.4 is 5.32 Å². The summed E-state index contributed by atoms with van der Waals surface area (Å²) in [5.74, 6) is -0.183. The monoisotopic (exact) mass is 1220 g/mol. The SMILES string of the molecule is CCCCCCCCCCCCCCC/C=C/CC/C=C/CC/C=C/C(O)C(COP(=O)(O)OCC[N+](C)(C)C)NC(=O)CCCCCCCCCCCCCCCCCCCCCCCCCCCCCCCCCCCCCCCCCC. The highest BCUT2D eigenvalue weighted by molar-refractivity contribution is 7.47. The minimum atomic E-state index is -4.36. The first-order chi connectivity index (χ1) is 41.5. The molecule has 0 spiro atoms. The fraction of sp³-hybridized carbons (Fsp3) is 0.908. The molecule has 0 saturated heterocycles. The Morgan fingerprint density at radius 2 is 0.647 bits per heavy atom. The molecule has 0 aliphatic rings. The van der Waals surface area contributed by atoms with Crippen LogP contribution in [0.1, 0.15) is 393 Å². The topological polar surface area (TPSA) is 105 Å². The van der Waals surface area contributed by atoms with Crippen molar-refractivity contribution in [2.75, 3.05) is 40.9 Å². The zero-order valence-corrected chi connectivity index (χ0v) is 58.8. The van der Waals surface area contributed by atoms with Crippen molar-refractivity contribution in [1.29, 1.82) is 0 Å². The van der Waals surface area contributed by atoms with E-state index in [1.807, 2.05) is 27.2 Å². The third-order valence-electron chi connectivity index (χ3n) is 17.6. The van der Waals surface area contributed by atoms with Crippen molar-refractivity contribution in [3.63, 3.8) is 0 Å². The van der Waals surface area contributed by atoms with E-state index in [0.717, 1.165) is 44.9 Å². The Morgan fingerprint density at radius 1 is 0.388 bits per heavy atom. The van der Waals surface area contributed by atoms with Gasteiger partial charge in [-0.2, -0.15) is 0 Å². The van der Waals surface area contributed by atoms with Gasteiger partial charge in [0.05, 0.1) is 39.9 Å². The van der Waals surface area contributed by atoms with E-state index in [1.165, 1.54) is 327 Å². The Bertz CT molecular complexity index is 1480. The standard InChI is InChI=1S/C76H149N2O6P/c1-6-8-10-12-14-16-18-20-22-24-26-28-30-31-32-33-34-35-36-37-38-39-40-41-42-43-44-45-46-48-50-52-54-56-58-60-62-64-66-68-70-76(80)77-74(73-84-85(81,82)83-72-71-78(3,4)5)75(79)69-67-65-63-61-59-57-55-53-51-49-47-29-27-25-23-21-19-17-15-13-11-9-7-2/h51,53,59,61,67,69,74-75,79H,6-50,52,54-58,60,62-66,68,70-73H2,1-5H3,(H-,77,80,81,82)/p+1/b53-51+,61-59+,69-67+. The Balaban J connectivity index is 3.94. The second-order valence-electron chi connectivity index (χ2n) is 27.4. The van der Waals surface area contributed by atoms with E-state index in [9.17, 15) is 19.4 Å². The molecule has 0 aliphatic carbocycles. The Morgan fingerprint density at radius 3 is 0.941 bits per heavy atom. The molecule has 0 radical (unpaired) electrons. The number of quaternary nitrogens is 1. The van der Waals surface area contributed by atoms with Gasteiger partial charge in [0.1, 0.15) is 13.2 Å². The predicted octanol–water partition coefficient (Wildman–Crippen LogP) is 24.4. The summed E-state index contributed by atoms with van der Waals surface area (Å²) in [4.78, 5) is 23.4. The minimum Gasteiger partial charge on any atom is -0.387 e. The number of hydrogen-bond donors (Lipinski definition) is 3. The third-order valence-corrected chi connectivity index (χ3v) is 18.6. The molecule has 3 unspecified atom stereocenters. The van der Waals surface area contributed by atoms with Crippen molar-refractivity contribution in [2.45, 2.75) is 405 Å². The molecule has 0 aliphatic heterocycles. The summed E-state index contributed by atoms with van der Waals surface area (Å²) in [6.07, 6.45) is 90.6. The van der Waals surface area contributed by atoms with Crippen molar-refractivity contribution in [3.05, 3.63) is 36.5 Å². The van der Waals surface area contributed by atoms with Gasteiger partial charge < -0.3 is 19.8 Å². The second-order valence-corrected chi connectivity index (χ2v) is 28.8. The maximum Gasteiger partial charge on any atom is 0.472 e. The molecule has 504 valence electrons. The summed E-state index contributed by atoms with van der Waals surface area (Å²) >= 11 is 0. The third kappa shape index (κ3) is 70.0. The number of carbonyl (C=O) groups is 1. The number of phosphoric ester groups is 1. The average molecular weight is 1220 g/mol. The lowest BCUT2D eigenvalue weighted by Crippen LogP contribution is -2.45. The van der Waals surface area contributed by atoms with Gasteiger partial charge in [-0.15, -0.1) is 0 Å². The van der Waals surface area contributed by atoms with Gasteiger partial charge in [-0.05, 0) is 44.9 Å². The first-order valence-electron chi connectivity index (χ1n) is 37.9. The van der Waals surface area contributed by atoms with Gasteiger partial charge in [-0.1, -0.05) is 378 Å². The summed E-state index contributed by atoms with van der Waals surface area (Å²) < 4.78 is 23.8. The van der Waals surface area contributed by atoms with Crippen LogP contribution in [0.15, 0.2) is 36.5 Å². The largest absolute Gasteiger partial charge is 0.472 e. The Labute approximate surface area is 531 Å². The van der Waals surface area contributed by atoms with E-state index < -0.39 is 20.0 Å². The van der Waals surface area contributed by atoms with Gasteiger partial charge in [0, 0.05) is 6.42 Å². The maximum atomic E-state index is 13.1. The molecule has 8 nitrogen and oxygen atoms in total. The smallest absolute Gasteiger partial charge is 0.387 e. The summed E-state index contributed by atoms with van der Waals surface area (Å²) in [5, 5.41) is 14.0. The number of phosphoric acid groups is 1. The van der Waals surface area contributed by atoms with Crippen LogP contribution in [-0.2, 0) is 18.4 Å². The van der Waals surface area contributed by atoms with Gasteiger partial charge in [-0.25, -0.2) is 4.57 Å². The highest BCUT2D eigenvalue weighted by Crippen LogP contribution is 2.43. The van der Waals surface area contributed by atoms with E-state index in [4.69, 9.17) is 9.05 Å². The first-order valence-corrected chi connectivity index (χ1v) is 39.4. The number of rotatable bonds is 71.